The maximum absolute atomic E-state index is 10.9. The Morgan fingerprint density at radius 3 is 1.09 bits per heavy atom. The molecule has 4 N–H and O–H groups in total. The van der Waals surface area contributed by atoms with Crippen LogP contribution in [0.5, 0.6) is 11.5 Å². The van der Waals surface area contributed by atoms with Crippen molar-refractivity contribution in [3.05, 3.63) is 59.7 Å². The second kappa shape index (κ2) is 17.5. The van der Waals surface area contributed by atoms with E-state index in [1.807, 2.05) is 13.8 Å². The zero-order chi connectivity index (χ0) is 20.9. The molecule has 0 amide bonds. The minimum atomic E-state index is -4.61. The summed E-state index contributed by atoms with van der Waals surface area (Å²) in [5, 5.41) is 0. The molecule has 0 radical (unpaired) electrons. The molecule has 32 heavy (non-hydrogen) atoms. The maximum Gasteiger partial charge on any atom is 1.00 e. The van der Waals surface area contributed by atoms with Gasteiger partial charge < -0.3 is 14.8 Å². The van der Waals surface area contributed by atoms with E-state index < -0.39 is 15.6 Å². The van der Waals surface area contributed by atoms with Crippen LogP contribution < -0.4 is 127 Å². The Labute approximate surface area is 282 Å². The average molecular weight is 524 g/mol. The number of allylic oxidation sites excluding steroid dienone is 2. The molecule has 0 spiro atoms. The summed E-state index contributed by atoms with van der Waals surface area (Å²) in [5.41, 5.74) is 3.84. The van der Waals surface area contributed by atoms with Crippen molar-refractivity contribution in [2.24, 2.45) is 0 Å². The van der Waals surface area contributed by atoms with Crippen molar-refractivity contribution in [3.8, 4) is 11.5 Å². The molecular formula is C18H26Na4O8P2. The number of phosphoric ester groups is 2. The van der Waals surface area contributed by atoms with Crippen LogP contribution in [0.25, 0.3) is 11.1 Å². The summed E-state index contributed by atoms with van der Waals surface area (Å²) in [4.78, 5) is 35.5. The zero-order valence-electron chi connectivity index (χ0n) is 23.3. The molecule has 0 saturated carbocycles. The van der Waals surface area contributed by atoms with Gasteiger partial charge in [-0.1, -0.05) is 38.1 Å². The van der Waals surface area contributed by atoms with E-state index in [0.717, 1.165) is 22.3 Å². The standard InChI is InChI=1S/C18H22O8P2.4Na.4H/c1-3-17(13-5-9-15(10-6-13)25-27(19,20)21)18(4-2)14-7-11-16(12-8-14)26-28(22,23)24;;;;;;;;/h5-12H,3-4H2,1-2H3,(H2,19,20,21)(H2,22,23,24);;;;;;;;/q;4*+1;4*-1/b18-17+;;;;;;;;. The summed E-state index contributed by atoms with van der Waals surface area (Å²) >= 11 is 0. The fraction of sp³-hybridized carbons (Fsp3) is 0.222. The van der Waals surface area contributed by atoms with E-state index in [4.69, 9.17) is 19.6 Å². The Kier molecular flexibility index (Phi) is 21.1. The molecule has 0 saturated heterocycles. The number of hydrogen-bond donors (Lipinski definition) is 4. The van der Waals surface area contributed by atoms with Gasteiger partial charge in [-0.3, -0.25) is 19.6 Å². The van der Waals surface area contributed by atoms with Crippen molar-refractivity contribution in [2.75, 3.05) is 0 Å². The van der Waals surface area contributed by atoms with Crippen molar-refractivity contribution in [2.45, 2.75) is 26.7 Å². The Morgan fingerprint density at radius 2 is 0.906 bits per heavy atom. The van der Waals surface area contributed by atoms with E-state index in [1.165, 1.54) is 24.3 Å². The van der Waals surface area contributed by atoms with Gasteiger partial charge >= 0.3 is 134 Å². The first-order chi connectivity index (χ1) is 13.0. The fourth-order valence-electron chi connectivity index (χ4n) is 2.89. The van der Waals surface area contributed by atoms with Crippen LogP contribution in [0.4, 0.5) is 0 Å². The zero-order valence-corrected chi connectivity index (χ0v) is 29.1. The normalized spacial score (nSPS) is 11.4. The van der Waals surface area contributed by atoms with Gasteiger partial charge in [-0.05, 0) is 59.4 Å². The maximum atomic E-state index is 10.9. The average Bonchev–Trinajstić information content (AvgIpc) is 2.59. The van der Waals surface area contributed by atoms with Gasteiger partial charge in [0.25, 0.3) is 0 Å². The number of hydrogen-bond acceptors (Lipinski definition) is 4. The predicted molar refractivity (Wildman–Crippen MR) is 110 cm³/mol. The van der Waals surface area contributed by atoms with Gasteiger partial charge in [0.2, 0.25) is 0 Å². The van der Waals surface area contributed by atoms with Crippen LogP contribution in [0.2, 0.25) is 0 Å². The molecule has 0 unspecified atom stereocenters. The second-order valence-electron chi connectivity index (χ2n) is 5.88. The van der Waals surface area contributed by atoms with Crippen LogP contribution in [-0.4, -0.2) is 19.6 Å². The molecule has 2 aromatic carbocycles. The molecule has 14 heteroatoms. The molecule has 2 aromatic rings. The summed E-state index contributed by atoms with van der Waals surface area (Å²) < 4.78 is 31.0. The molecule has 0 aliphatic rings. The molecule has 0 heterocycles. The summed E-state index contributed by atoms with van der Waals surface area (Å²) in [7, 11) is -9.21. The third-order valence-corrected chi connectivity index (χ3v) is 4.82. The summed E-state index contributed by atoms with van der Waals surface area (Å²) in [5.74, 6) is 0.147. The van der Waals surface area contributed by atoms with E-state index in [0.29, 0.717) is 12.8 Å². The smallest absolute Gasteiger partial charge is 1.00 e. The third-order valence-electron chi connectivity index (χ3n) is 3.93. The van der Waals surface area contributed by atoms with E-state index >= 15 is 0 Å². The van der Waals surface area contributed by atoms with Crippen molar-refractivity contribution >= 4 is 26.8 Å². The number of benzene rings is 2. The van der Waals surface area contributed by atoms with Gasteiger partial charge in [-0.25, -0.2) is 9.13 Å². The summed E-state index contributed by atoms with van der Waals surface area (Å²) in [6.45, 7) is 3.99. The van der Waals surface area contributed by atoms with Gasteiger partial charge in [0.05, 0.1) is 0 Å². The van der Waals surface area contributed by atoms with E-state index in [1.54, 1.807) is 24.3 Å². The molecule has 2 rings (SSSR count). The largest absolute Gasteiger partial charge is 1.00 e. The third kappa shape index (κ3) is 13.4. The molecule has 0 aliphatic heterocycles. The number of phosphoric acid groups is 2. The minimum absolute atomic E-state index is 0. The Bertz CT molecular complexity index is 881. The SMILES string of the molecule is CC/C(=C(/CC)c1ccc(OP(=O)(O)O)cc1)c1ccc(OP(=O)(O)O)cc1.[H-].[H-].[H-].[H-].[Na+].[Na+].[Na+].[Na+]. The topological polar surface area (TPSA) is 134 Å². The first-order valence-corrected chi connectivity index (χ1v) is 11.5. The van der Waals surface area contributed by atoms with E-state index in [2.05, 4.69) is 9.05 Å². The molecule has 0 aromatic heterocycles. The van der Waals surface area contributed by atoms with Crippen LogP contribution in [-0.2, 0) is 9.13 Å². The van der Waals surface area contributed by atoms with Gasteiger partial charge in [-0.2, -0.15) is 0 Å². The molecule has 8 nitrogen and oxygen atoms in total. The number of rotatable bonds is 8. The van der Waals surface area contributed by atoms with Gasteiger partial charge in [0.1, 0.15) is 11.5 Å². The van der Waals surface area contributed by atoms with Gasteiger partial charge in [-0.15, -0.1) is 0 Å². The van der Waals surface area contributed by atoms with E-state index in [-0.39, 0.29) is 135 Å². The fourth-order valence-corrected chi connectivity index (χ4v) is 3.68. The quantitative estimate of drug-likeness (QED) is 0.152. The van der Waals surface area contributed by atoms with Crippen molar-refractivity contribution < 1.29 is 162 Å². The molecule has 0 aliphatic carbocycles. The molecule has 160 valence electrons. The Hall–Kier alpha value is 2.08. The second-order valence-corrected chi connectivity index (χ2v) is 8.20. The van der Waals surface area contributed by atoms with E-state index in [9.17, 15) is 9.13 Å². The van der Waals surface area contributed by atoms with Gasteiger partial charge in [0, 0.05) is 0 Å². The Balaban J connectivity index is -0.000000210. The molecular weight excluding hydrogens is 498 g/mol. The van der Waals surface area contributed by atoms with Crippen LogP contribution >= 0.6 is 15.6 Å². The monoisotopic (exact) mass is 524 g/mol. The summed E-state index contributed by atoms with van der Waals surface area (Å²) in [6, 6.07) is 12.9. The van der Waals surface area contributed by atoms with Crippen LogP contribution in [0, 0.1) is 0 Å². The van der Waals surface area contributed by atoms with Gasteiger partial charge in [0.15, 0.2) is 0 Å². The van der Waals surface area contributed by atoms with Crippen molar-refractivity contribution in [3.63, 3.8) is 0 Å². The minimum Gasteiger partial charge on any atom is -1.00 e. The molecule has 0 fully saturated rings. The molecule has 0 bridgehead atoms. The van der Waals surface area contributed by atoms with Crippen molar-refractivity contribution in [1.82, 2.24) is 0 Å². The van der Waals surface area contributed by atoms with Crippen LogP contribution in [0.15, 0.2) is 48.5 Å². The first-order valence-electron chi connectivity index (χ1n) is 8.45. The Morgan fingerprint density at radius 1 is 0.656 bits per heavy atom. The van der Waals surface area contributed by atoms with Crippen molar-refractivity contribution in [1.29, 1.82) is 0 Å². The van der Waals surface area contributed by atoms with Crippen LogP contribution in [0.1, 0.15) is 43.5 Å². The predicted octanol–water partition coefficient (Wildman–Crippen LogP) is -7.17. The van der Waals surface area contributed by atoms with Crippen LogP contribution in [0.3, 0.4) is 0 Å². The first kappa shape index (κ1) is 38.6. The molecule has 0 atom stereocenters. The summed E-state index contributed by atoms with van der Waals surface area (Å²) in [6.07, 6.45) is 1.42.